The average Bonchev–Trinajstić information content (AvgIpc) is 2.22. The first kappa shape index (κ1) is 12.0. The van der Waals surface area contributed by atoms with Crippen molar-refractivity contribution in [2.75, 3.05) is 18.5 Å². The Labute approximate surface area is 92.8 Å². The van der Waals surface area contributed by atoms with Crippen molar-refractivity contribution in [3.8, 4) is 0 Å². The van der Waals surface area contributed by atoms with E-state index in [1.54, 1.807) is 0 Å². The number of rotatable bonds is 5. The molecule has 1 aromatic rings. The number of ether oxygens (including phenoxy) is 1. The fourth-order valence-corrected chi connectivity index (χ4v) is 1.21. The normalized spacial score (nSPS) is 12.5. The molecule has 1 heterocycles. The number of H-pyrrole nitrogens is 1. The van der Waals surface area contributed by atoms with Gasteiger partial charge in [0.15, 0.2) is 5.82 Å². The summed E-state index contributed by atoms with van der Waals surface area (Å²) in [5.74, 6) is 0.382. The highest BCUT2D eigenvalue weighted by atomic mass is 35.5. The zero-order chi connectivity index (χ0) is 11.3. The Bertz CT molecular complexity index is 367. The summed E-state index contributed by atoms with van der Waals surface area (Å²) >= 11 is 5.76. The van der Waals surface area contributed by atoms with Crippen LogP contribution in [0.3, 0.4) is 0 Å². The molecule has 6 heteroatoms. The van der Waals surface area contributed by atoms with Gasteiger partial charge in [0.1, 0.15) is 5.02 Å². The van der Waals surface area contributed by atoms with Gasteiger partial charge in [0.2, 0.25) is 0 Å². The second-order valence-corrected chi connectivity index (χ2v) is 3.48. The largest absolute Gasteiger partial charge is 0.380 e. The molecule has 1 rings (SSSR count). The smallest absolute Gasteiger partial charge is 0.271 e. The van der Waals surface area contributed by atoms with Gasteiger partial charge in [0, 0.05) is 12.6 Å². The van der Waals surface area contributed by atoms with E-state index in [1.807, 2.05) is 13.8 Å². The summed E-state index contributed by atoms with van der Waals surface area (Å²) in [5, 5.41) is 3.07. The maximum atomic E-state index is 11.1. The highest BCUT2D eigenvalue weighted by Gasteiger charge is 2.08. The fourth-order valence-electron chi connectivity index (χ4n) is 1.05. The summed E-state index contributed by atoms with van der Waals surface area (Å²) in [4.78, 5) is 17.5. The summed E-state index contributed by atoms with van der Waals surface area (Å²) in [6.07, 6.45) is 1.31. The van der Waals surface area contributed by atoms with Gasteiger partial charge in [-0.1, -0.05) is 11.6 Å². The summed E-state index contributed by atoms with van der Waals surface area (Å²) < 4.78 is 5.22. The van der Waals surface area contributed by atoms with Crippen molar-refractivity contribution in [3.05, 3.63) is 21.7 Å². The molecule has 1 unspecified atom stereocenters. The van der Waals surface area contributed by atoms with E-state index in [9.17, 15) is 4.79 Å². The van der Waals surface area contributed by atoms with E-state index < -0.39 is 0 Å². The van der Waals surface area contributed by atoms with Crippen LogP contribution in [0.5, 0.6) is 0 Å². The maximum absolute atomic E-state index is 11.1. The standard InChI is InChI=1S/C9H14ClN3O2/c1-3-15-4-6(2)13-8-7(10)9(14)12-5-11-8/h5-6H,3-4H2,1-2H3,(H2,11,12,13,14). The molecule has 2 N–H and O–H groups in total. The molecular weight excluding hydrogens is 218 g/mol. The Hall–Kier alpha value is -1.07. The Morgan fingerprint density at radius 2 is 2.47 bits per heavy atom. The molecule has 0 aliphatic heterocycles. The molecule has 0 spiro atoms. The van der Waals surface area contributed by atoms with E-state index in [2.05, 4.69) is 15.3 Å². The highest BCUT2D eigenvalue weighted by molar-refractivity contribution is 6.32. The van der Waals surface area contributed by atoms with Crippen LogP contribution in [0.2, 0.25) is 5.02 Å². The molecule has 0 aliphatic carbocycles. The van der Waals surface area contributed by atoms with Crippen LogP contribution in [-0.4, -0.2) is 29.2 Å². The van der Waals surface area contributed by atoms with Crippen LogP contribution in [0, 0.1) is 0 Å². The van der Waals surface area contributed by atoms with Crippen LogP contribution >= 0.6 is 11.6 Å². The monoisotopic (exact) mass is 231 g/mol. The minimum atomic E-state index is -0.349. The number of hydrogen-bond acceptors (Lipinski definition) is 4. The van der Waals surface area contributed by atoms with E-state index >= 15 is 0 Å². The lowest BCUT2D eigenvalue weighted by Crippen LogP contribution is -2.24. The van der Waals surface area contributed by atoms with Crippen molar-refractivity contribution in [1.29, 1.82) is 0 Å². The Balaban J connectivity index is 2.64. The zero-order valence-electron chi connectivity index (χ0n) is 8.71. The quantitative estimate of drug-likeness (QED) is 0.801. The Morgan fingerprint density at radius 3 is 3.13 bits per heavy atom. The maximum Gasteiger partial charge on any atom is 0.271 e. The van der Waals surface area contributed by atoms with E-state index in [0.717, 1.165) is 0 Å². The molecule has 5 nitrogen and oxygen atoms in total. The number of aromatic amines is 1. The molecule has 0 saturated heterocycles. The molecule has 15 heavy (non-hydrogen) atoms. The predicted octanol–water partition coefficient (Wildman–Crippen LogP) is 1.26. The summed E-state index contributed by atoms with van der Waals surface area (Å²) in [7, 11) is 0. The van der Waals surface area contributed by atoms with E-state index in [1.165, 1.54) is 6.33 Å². The molecular formula is C9H14ClN3O2. The second kappa shape index (κ2) is 5.72. The lowest BCUT2D eigenvalue weighted by Gasteiger charge is -2.14. The first-order valence-electron chi connectivity index (χ1n) is 4.72. The number of aromatic nitrogens is 2. The zero-order valence-corrected chi connectivity index (χ0v) is 9.47. The fraction of sp³-hybridized carbons (Fsp3) is 0.556. The first-order valence-corrected chi connectivity index (χ1v) is 5.10. The minimum Gasteiger partial charge on any atom is -0.380 e. The van der Waals surface area contributed by atoms with Gasteiger partial charge >= 0.3 is 0 Å². The Kier molecular flexibility index (Phi) is 4.58. The third-order valence-electron chi connectivity index (χ3n) is 1.75. The molecule has 0 radical (unpaired) electrons. The lowest BCUT2D eigenvalue weighted by atomic mass is 10.3. The van der Waals surface area contributed by atoms with Crippen molar-refractivity contribution in [2.45, 2.75) is 19.9 Å². The predicted molar refractivity (Wildman–Crippen MR) is 59.4 cm³/mol. The number of anilines is 1. The van der Waals surface area contributed by atoms with Crippen molar-refractivity contribution in [3.63, 3.8) is 0 Å². The van der Waals surface area contributed by atoms with Gasteiger partial charge < -0.3 is 15.0 Å². The van der Waals surface area contributed by atoms with Crippen LogP contribution in [0.1, 0.15) is 13.8 Å². The molecule has 84 valence electrons. The van der Waals surface area contributed by atoms with Gasteiger partial charge in [-0.05, 0) is 13.8 Å². The summed E-state index contributed by atoms with van der Waals surface area (Å²) in [6.45, 7) is 5.05. The minimum absolute atomic E-state index is 0.0525. The van der Waals surface area contributed by atoms with E-state index in [-0.39, 0.29) is 16.6 Å². The van der Waals surface area contributed by atoms with Gasteiger partial charge in [-0.25, -0.2) is 4.98 Å². The molecule has 0 bridgehead atoms. The SMILES string of the molecule is CCOCC(C)Nc1nc[nH]c(=O)c1Cl. The number of nitrogens with zero attached hydrogens (tertiary/aromatic N) is 1. The summed E-state index contributed by atoms with van der Waals surface area (Å²) in [5.41, 5.74) is -0.349. The van der Waals surface area contributed by atoms with Crippen molar-refractivity contribution in [2.24, 2.45) is 0 Å². The highest BCUT2D eigenvalue weighted by Crippen LogP contribution is 2.13. The van der Waals surface area contributed by atoms with Gasteiger partial charge in [-0.2, -0.15) is 0 Å². The number of hydrogen-bond donors (Lipinski definition) is 2. The van der Waals surface area contributed by atoms with E-state index in [0.29, 0.717) is 19.0 Å². The summed E-state index contributed by atoms with van der Waals surface area (Å²) in [6, 6.07) is 0.0525. The van der Waals surface area contributed by atoms with Crippen molar-refractivity contribution < 1.29 is 4.74 Å². The van der Waals surface area contributed by atoms with Crippen LogP contribution in [-0.2, 0) is 4.74 Å². The van der Waals surface area contributed by atoms with Gasteiger partial charge in [0.25, 0.3) is 5.56 Å². The molecule has 0 amide bonds. The van der Waals surface area contributed by atoms with E-state index in [4.69, 9.17) is 16.3 Å². The lowest BCUT2D eigenvalue weighted by molar-refractivity contribution is 0.141. The van der Waals surface area contributed by atoms with Crippen LogP contribution < -0.4 is 10.9 Å². The van der Waals surface area contributed by atoms with Crippen LogP contribution in [0.25, 0.3) is 0 Å². The topological polar surface area (TPSA) is 67.0 Å². The van der Waals surface area contributed by atoms with Crippen LogP contribution in [0.4, 0.5) is 5.82 Å². The number of nitrogens with one attached hydrogen (secondary N) is 2. The van der Waals surface area contributed by atoms with Crippen molar-refractivity contribution >= 4 is 17.4 Å². The van der Waals surface area contributed by atoms with Gasteiger partial charge in [0.05, 0.1) is 12.9 Å². The number of halogens is 1. The molecule has 0 saturated carbocycles. The molecule has 0 aromatic carbocycles. The van der Waals surface area contributed by atoms with Crippen molar-refractivity contribution in [1.82, 2.24) is 9.97 Å². The molecule has 0 aliphatic rings. The van der Waals surface area contributed by atoms with Gasteiger partial charge in [-0.15, -0.1) is 0 Å². The Morgan fingerprint density at radius 1 is 1.73 bits per heavy atom. The molecule has 1 aromatic heterocycles. The second-order valence-electron chi connectivity index (χ2n) is 3.10. The third kappa shape index (κ3) is 3.53. The molecule has 1 atom stereocenters. The van der Waals surface area contributed by atoms with Gasteiger partial charge in [-0.3, -0.25) is 4.79 Å². The van der Waals surface area contributed by atoms with Crippen LogP contribution in [0.15, 0.2) is 11.1 Å². The first-order chi connectivity index (χ1) is 7.15. The molecule has 0 fully saturated rings. The third-order valence-corrected chi connectivity index (χ3v) is 2.10. The average molecular weight is 232 g/mol.